The van der Waals surface area contributed by atoms with E-state index in [9.17, 15) is 13.2 Å². The predicted molar refractivity (Wildman–Crippen MR) is 105 cm³/mol. The number of sulfonamides is 1. The van der Waals surface area contributed by atoms with Gasteiger partial charge in [0.25, 0.3) is 10.0 Å². The Morgan fingerprint density at radius 3 is 2.58 bits per heavy atom. The number of amides is 1. The first-order valence-corrected chi connectivity index (χ1v) is 11.1. The second-order valence-electron chi connectivity index (χ2n) is 6.49. The van der Waals surface area contributed by atoms with Gasteiger partial charge < -0.3 is 4.90 Å². The van der Waals surface area contributed by atoms with Gasteiger partial charge in [-0.25, -0.2) is 8.42 Å². The molecule has 0 aliphatic carbocycles. The number of benzene rings is 1. The van der Waals surface area contributed by atoms with Gasteiger partial charge in [-0.05, 0) is 51.0 Å². The van der Waals surface area contributed by atoms with Crippen LogP contribution in [0.15, 0.2) is 46.7 Å². The number of hydrogen-bond donors (Lipinski definition) is 0. The molecule has 0 saturated carbocycles. The summed E-state index contributed by atoms with van der Waals surface area (Å²) in [4.78, 5) is 15.8. The maximum atomic E-state index is 13.0. The Labute approximate surface area is 159 Å². The Bertz CT molecular complexity index is 862. The third-order valence-electron chi connectivity index (χ3n) is 4.69. The molecule has 0 N–H and O–H groups in total. The number of piperidine rings is 1. The van der Waals surface area contributed by atoms with Crippen LogP contribution in [-0.2, 0) is 14.8 Å². The Morgan fingerprint density at radius 1 is 1.23 bits per heavy atom. The monoisotopic (exact) mass is 392 g/mol. The molecule has 140 valence electrons. The topological polar surface area (TPSA) is 57.7 Å². The second-order valence-corrected chi connectivity index (χ2v) is 9.94. The zero-order valence-corrected chi connectivity index (χ0v) is 16.7. The minimum atomic E-state index is -3.52. The highest BCUT2D eigenvalue weighted by atomic mass is 32.2. The van der Waals surface area contributed by atoms with E-state index in [1.54, 1.807) is 11.0 Å². The summed E-state index contributed by atoms with van der Waals surface area (Å²) >= 11 is 1.28. The summed E-state index contributed by atoms with van der Waals surface area (Å²) in [6.07, 6.45) is 1.42. The molecular weight excluding hydrogens is 368 g/mol. The molecule has 5 nitrogen and oxygen atoms in total. The second kappa shape index (κ2) is 7.90. The minimum absolute atomic E-state index is 0.000889. The van der Waals surface area contributed by atoms with Crippen molar-refractivity contribution in [1.29, 1.82) is 0 Å². The molecular formula is C19H24N2O3S2. The van der Waals surface area contributed by atoms with Crippen LogP contribution in [0.25, 0.3) is 0 Å². The Hall–Kier alpha value is -1.70. The molecule has 1 fully saturated rings. The lowest BCUT2D eigenvalue weighted by atomic mass is 9.98. The first-order valence-electron chi connectivity index (χ1n) is 8.86. The van der Waals surface area contributed by atoms with Crippen LogP contribution >= 0.6 is 11.3 Å². The van der Waals surface area contributed by atoms with Gasteiger partial charge in [-0.1, -0.05) is 18.2 Å². The SMILES string of the molecule is CCN(C(=O)C1CCCN(S(=O)(=O)c2ccc(C)s2)C1)c1ccccc1. The van der Waals surface area contributed by atoms with Crippen molar-refractivity contribution >= 4 is 33.0 Å². The largest absolute Gasteiger partial charge is 0.312 e. The molecule has 2 aromatic rings. The first-order chi connectivity index (χ1) is 12.4. The van der Waals surface area contributed by atoms with Gasteiger partial charge >= 0.3 is 0 Å². The van der Waals surface area contributed by atoms with Crippen LogP contribution in [0.2, 0.25) is 0 Å². The number of nitrogens with zero attached hydrogens (tertiary/aromatic N) is 2. The summed E-state index contributed by atoms with van der Waals surface area (Å²) < 4.78 is 27.6. The lowest BCUT2D eigenvalue weighted by Crippen LogP contribution is -2.46. The summed E-state index contributed by atoms with van der Waals surface area (Å²) in [5, 5.41) is 0. The average molecular weight is 393 g/mol. The van der Waals surface area contributed by atoms with Crippen molar-refractivity contribution in [1.82, 2.24) is 4.31 Å². The molecule has 0 spiro atoms. The summed E-state index contributed by atoms with van der Waals surface area (Å²) in [5.41, 5.74) is 0.855. The number of para-hydroxylation sites is 1. The molecule has 0 bridgehead atoms. The Morgan fingerprint density at radius 2 is 1.96 bits per heavy atom. The molecule has 1 amide bonds. The molecule has 2 heterocycles. The zero-order chi connectivity index (χ0) is 18.7. The van der Waals surface area contributed by atoms with Crippen molar-refractivity contribution in [3.05, 3.63) is 47.3 Å². The normalized spacial score (nSPS) is 18.6. The number of hydrogen-bond acceptors (Lipinski definition) is 4. The van der Waals surface area contributed by atoms with Gasteiger partial charge in [0, 0.05) is 30.2 Å². The lowest BCUT2D eigenvalue weighted by molar-refractivity contribution is -0.123. The van der Waals surface area contributed by atoms with Crippen LogP contribution in [0.3, 0.4) is 0 Å². The van der Waals surface area contributed by atoms with Gasteiger partial charge in [0.15, 0.2) is 0 Å². The molecule has 0 radical (unpaired) electrons. The van der Waals surface area contributed by atoms with Gasteiger partial charge in [0.2, 0.25) is 5.91 Å². The van der Waals surface area contributed by atoms with Crippen LogP contribution in [0.4, 0.5) is 5.69 Å². The van der Waals surface area contributed by atoms with E-state index in [1.165, 1.54) is 15.6 Å². The first kappa shape index (κ1) is 19.1. The molecule has 1 aromatic carbocycles. The fourth-order valence-corrected chi connectivity index (χ4v) is 6.30. The summed E-state index contributed by atoms with van der Waals surface area (Å²) in [7, 11) is -3.52. The third kappa shape index (κ3) is 3.84. The maximum absolute atomic E-state index is 13.0. The van der Waals surface area contributed by atoms with E-state index in [1.807, 2.05) is 50.2 Å². The van der Waals surface area contributed by atoms with E-state index in [2.05, 4.69) is 0 Å². The standard InChI is InChI=1S/C19H24N2O3S2/c1-3-21(17-9-5-4-6-10-17)19(22)16-8-7-13-20(14-16)26(23,24)18-12-11-15(2)25-18/h4-6,9-12,16H,3,7-8,13-14H2,1-2H3. The number of aryl methyl sites for hydroxylation is 1. The van der Waals surface area contributed by atoms with Crippen LogP contribution < -0.4 is 4.90 Å². The summed E-state index contributed by atoms with van der Waals surface area (Å²) in [6.45, 7) is 5.13. The van der Waals surface area contributed by atoms with Crippen molar-refractivity contribution in [2.24, 2.45) is 5.92 Å². The van der Waals surface area contributed by atoms with Crippen molar-refractivity contribution < 1.29 is 13.2 Å². The van der Waals surface area contributed by atoms with Gasteiger partial charge in [-0.3, -0.25) is 4.79 Å². The van der Waals surface area contributed by atoms with Gasteiger partial charge in [0.05, 0.1) is 5.92 Å². The molecule has 7 heteroatoms. The van der Waals surface area contributed by atoms with E-state index in [-0.39, 0.29) is 18.4 Å². The van der Waals surface area contributed by atoms with E-state index >= 15 is 0 Å². The average Bonchev–Trinajstić information content (AvgIpc) is 3.10. The minimum Gasteiger partial charge on any atom is -0.312 e. The number of carbonyl (C=O) groups excluding carboxylic acids is 1. The number of anilines is 1. The van der Waals surface area contributed by atoms with Crippen LogP contribution in [0.5, 0.6) is 0 Å². The fourth-order valence-electron chi connectivity index (χ4n) is 3.33. The van der Waals surface area contributed by atoms with E-state index in [0.29, 0.717) is 23.7 Å². The van der Waals surface area contributed by atoms with E-state index in [0.717, 1.165) is 17.0 Å². The van der Waals surface area contributed by atoms with Crippen molar-refractivity contribution in [3.8, 4) is 0 Å². The van der Waals surface area contributed by atoms with Gasteiger partial charge in [-0.15, -0.1) is 11.3 Å². The molecule has 3 rings (SSSR count). The number of rotatable bonds is 5. The van der Waals surface area contributed by atoms with Gasteiger partial charge in [-0.2, -0.15) is 4.31 Å². The molecule has 1 aromatic heterocycles. The number of carbonyl (C=O) groups is 1. The molecule has 1 unspecified atom stereocenters. The highest BCUT2D eigenvalue weighted by molar-refractivity contribution is 7.91. The molecule has 1 aliphatic heterocycles. The molecule has 1 saturated heterocycles. The smallest absolute Gasteiger partial charge is 0.252 e. The quantitative estimate of drug-likeness (QED) is 0.782. The van der Waals surface area contributed by atoms with Crippen molar-refractivity contribution in [3.63, 3.8) is 0 Å². The zero-order valence-electron chi connectivity index (χ0n) is 15.1. The predicted octanol–water partition coefficient (Wildman–Crippen LogP) is 3.51. The van der Waals surface area contributed by atoms with E-state index in [4.69, 9.17) is 0 Å². The van der Waals surface area contributed by atoms with Crippen LogP contribution in [-0.4, -0.2) is 38.3 Å². The van der Waals surface area contributed by atoms with Crippen LogP contribution in [0, 0.1) is 12.8 Å². The highest BCUT2D eigenvalue weighted by Crippen LogP contribution is 2.29. The fraction of sp³-hybridized carbons (Fsp3) is 0.421. The molecule has 26 heavy (non-hydrogen) atoms. The van der Waals surface area contributed by atoms with Crippen molar-refractivity contribution in [2.75, 3.05) is 24.5 Å². The lowest BCUT2D eigenvalue weighted by Gasteiger charge is -2.33. The summed E-state index contributed by atoms with van der Waals surface area (Å²) in [6, 6.07) is 13.0. The Balaban J connectivity index is 1.78. The Kier molecular flexibility index (Phi) is 5.79. The van der Waals surface area contributed by atoms with Crippen LogP contribution in [0.1, 0.15) is 24.6 Å². The number of thiophene rings is 1. The van der Waals surface area contributed by atoms with E-state index < -0.39 is 10.0 Å². The van der Waals surface area contributed by atoms with Gasteiger partial charge in [0.1, 0.15) is 4.21 Å². The molecule has 1 atom stereocenters. The summed E-state index contributed by atoms with van der Waals surface area (Å²) in [5.74, 6) is -0.305. The third-order valence-corrected chi connectivity index (χ3v) is 8.03. The maximum Gasteiger partial charge on any atom is 0.252 e. The highest BCUT2D eigenvalue weighted by Gasteiger charge is 2.35. The van der Waals surface area contributed by atoms with Crippen molar-refractivity contribution in [2.45, 2.75) is 30.9 Å². The molecule has 1 aliphatic rings.